The Balaban J connectivity index is 2.10. The van der Waals surface area contributed by atoms with Crippen LogP contribution < -0.4 is 15.4 Å². The van der Waals surface area contributed by atoms with Gasteiger partial charge in [-0.05, 0) is 60.4 Å². The standard InChI is InChI=1S/C14H19BrN2O2/c1-9-13(4-3-7-16-9)17-14(18)11-8-10(19-2)5-6-12(11)15/h5-6,8-9,13,16H,3-4,7H2,1-2H3,(H,17,18). The van der Waals surface area contributed by atoms with Crippen LogP contribution in [0.25, 0.3) is 0 Å². The van der Waals surface area contributed by atoms with Crippen molar-refractivity contribution in [2.45, 2.75) is 31.8 Å². The van der Waals surface area contributed by atoms with Crippen molar-refractivity contribution in [2.24, 2.45) is 0 Å². The number of ether oxygens (including phenoxy) is 1. The molecule has 1 saturated heterocycles. The van der Waals surface area contributed by atoms with Gasteiger partial charge in [0, 0.05) is 16.6 Å². The lowest BCUT2D eigenvalue weighted by atomic mass is 9.99. The molecule has 1 fully saturated rings. The summed E-state index contributed by atoms with van der Waals surface area (Å²) in [5.41, 5.74) is 0.608. The number of carbonyl (C=O) groups is 1. The van der Waals surface area contributed by atoms with Crippen LogP contribution in [0, 0.1) is 0 Å². The molecule has 2 rings (SSSR count). The van der Waals surface area contributed by atoms with E-state index in [1.807, 2.05) is 12.1 Å². The number of nitrogens with one attached hydrogen (secondary N) is 2. The smallest absolute Gasteiger partial charge is 0.252 e. The highest BCUT2D eigenvalue weighted by Crippen LogP contribution is 2.23. The maximum absolute atomic E-state index is 12.3. The van der Waals surface area contributed by atoms with Crippen LogP contribution in [0.15, 0.2) is 22.7 Å². The van der Waals surface area contributed by atoms with E-state index in [1.165, 1.54) is 0 Å². The van der Waals surface area contributed by atoms with Crippen molar-refractivity contribution in [1.29, 1.82) is 0 Å². The highest BCUT2D eigenvalue weighted by Gasteiger charge is 2.23. The Morgan fingerprint density at radius 2 is 2.32 bits per heavy atom. The molecule has 1 aliphatic rings. The topological polar surface area (TPSA) is 50.4 Å². The lowest BCUT2D eigenvalue weighted by Gasteiger charge is -2.30. The van der Waals surface area contributed by atoms with E-state index in [0.29, 0.717) is 17.4 Å². The van der Waals surface area contributed by atoms with Gasteiger partial charge in [0.1, 0.15) is 5.75 Å². The first-order valence-corrected chi connectivity index (χ1v) is 7.29. The molecule has 1 amide bonds. The molecule has 2 atom stereocenters. The van der Waals surface area contributed by atoms with E-state index >= 15 is 0 Å². The lowest BCUT2D eigenvalue weighted by molar-refractivity contribution is 0.0918. The third-order valence-electron chi connectivity index (χ3n) is 3.50. The highest BCUT2D eigenvalue weighted by atomic mass is 79.9. The number of hydrogen-bond donors (Lipinski definition) is 2. The van der Waals surface area contributed by atoms with E-state index in [4.69, 9.17) is 4.74 Å². The molecule has 0 saturated carbocycles. The zero-order valence-corrected chi connectivity index (χ0v) is 12.8. The third kappa shape index (κ3) is 3.48. The second-order valence-corrected chi connectivity index (χ2v) is 5.67. The summed E-state index contributed by atoms with van der Waals surface area (Å²) in [7, 11) is 1.60. The highest BCUT2D eigenvalue weighted by molar-refractivity contribution is 9.10. The van der Waals surface area contributed by atoms with Gasteiger partial charge in [0.2, 0.25) is 0 Å². The van der Waals surface area contributed by atoms with Gasteiger partial charge in [0.15, 0.2) is 0 Å². The molecule has 0 aliphatic carbocycles. The molecule has 4 nitrogen and oxygen atoms in total. The van der Waals surface area contributed by atoms with Crippen molar-refractivity contribution in [3.05, 3.63) is 28.2 Å². The van der Waals surface area contributed by atoms with Crippen LogP contribution >= 0.6 is 15.9 Å². The van der Waals surface area contributed by atoms with Crippen LogP contribution in [0.2, 0.25) is 0 Å². The maximum atomic E-state index is 12.3. The zero-order chi connectivity index (χ0) is 13.8. The number of hydrogen-bond acceptors (Lipinski definition) is 3. The van der Waals surface area contributed by atoms with Crippen molar-refractivity contribution in [2.75, 3.05) is 13.7 Å². The fourth-order valence-electron chi connectivity index (χ4n) is 2.29. The molecule has 2 N–H and O–H groups in total. The maximum Gasteiger partial charge on any atom is 0.252 e. The molecular formula is C14H19BrN2O2. The van der Waals surface area contributed by atoms with Crippen molar-refractivity contribution in [3.8, 4) is 5.75 Å². The summed E-state index contributed by atoms with van der Waals surface area (Å²) in [4.78, 5) is 12.3. The number of halogens is 1. The first kappa shape index (κ1) is 14.3. The number of rotatable bonds is 3. The predicted molar refractivity (Wildman–Crippen MR) is 78.6 cm³/mol. The summed E-state index contributed by atoms with van der Waals surface area (Å²) in [5.74, 6) is 0.620. The van der Waals surface area contributed by atoms with Crippen molar-refractivity contribution < 1.29 is 9.53 Å². The number of piperidine rings is 1. The quantitative estimate of drug-likeness (QED) is 0.896. The van der Waals surface area contributed by atoms with Crippen LogP contribution in [0.5, 0.6) is 5.75 Å². The van der Waals surface area contributed by atoms with E-state index in [2.05, 4.69) is 33.5 Å². The summed E-state index contributed by atoms with van der Waals surface area (Å²) >= 11 is 3.41. The van der Waals surface area contributed by atoms with Gasteiger partial charge < -0.3 is 15.4 Å². The lowest BCUT2D eigenvalue weighted by Crippen LogP contribution is -2.51. The molecular weight excluding hydrogens is 308 g/mol. The number of carbonyl (C=O) groups excluding carboxylic acids is 1. The third-order valence-corrected chi connectivity index (χ3v) is 4.19. The van der Waals surface area contributed by atoms with Gasteiger partial charge in [-0.2, -0.15) is 0 Å². The van der Waals surface area contributed by atoms with Gasteiger partial charge >= 0.3 is 0 Å². The minimum atomic E-state index is -0.0636. The summed E-state index contributed by atoms with van der Waals surface area (Å²) < 4.78 is 5.94. The van der Waals surface area contributed by atoms with Crippen molar-refractivity contribution in [1.82, 2.24) is 10.6 Å². The Kier molecular flexibility index (Phi) is 4.82. The molecule has 0 radical (unpaired) electrons. The van der Waals surface area contributed by atoms with E-state index in [0.717, 1.165) is 23.9 Å². The van der Waals surface area contributed by atoms with Gasteiger partial charge in [0.25, 0.3) is 5.91 Å². The molecule has 1 heterocycles. The summed E-state index contributed by atoms with van der Waals surface area (Å²) in [5, 5.41) is 6.46. The van der Waals surface area contributed by atoms with Crippen LogP contribution in [0.4, 0.5) is 0 Å². The molecule has 1 aromatic carbocycles. The largest absolute Gasteiger partial charge is 0.497 e. The van der Waals surface area contributed by atoms with Gasteiger partial charge in [-0.3, -0.25) is 4.79 Å². The molecule has 5 heteroatoms. The van der Waals surface area contributed by atoms with Gasteiger partial charge in [-0.1, -0.05) is 0 Å². The molecule has 1 aliphatic heterocycles. The van der Waals surface area contributed by atoms with E-state index < -0.39 is 0 Å². The number of amides is 1. The first-order valence-electron chi connectivity index (χ1n) is 6.49. The normalized spacial score (nSPS) is 22.9. The second kappa shape index (κ2) is 6.39. The van der Waals surface area contributed by atoms with Gasteiger partial charge in [0.05, 0.1) is 12.7 Å². The molecule has 0 bridgehead atoms. The Morgan fingerprint density at radius 3 is 3.00 bits per heavy atom. The molecule has 104 valence electrons. The van der Waals surface area contributed by atoms with E-state index in [1.54, 1.807) is 13.2 Å². The Labute approximate surface area is 122 Å². The van der Waals surface area contributed by atoms with Gasteiger partial charge in [-0.15, -0.1) is 0 Å². The summed E-state index contributed by atoms with van der Waals surface area (Å²) in [6.07, 6.45) is 2.11. The van der Waals surface area contributed by atoms with Crippen molar-refractivity contribution in [3.63, 3.8) is 0 Å². The summed E-state index contributed by atoms with van der Waals surface area (Å²) in [6, 6.07) is 5.89. The number of methoxy groups -OCH3 is 1. The zero-order valence-electron chi connectivity index (χ0n) is 11.2. The first-order chi connectivity index (χ1) is 9.11. The average molecular weight is 327 g/mol. The Morgan fingerprint density at radius 1 is 1.53 bits per heavy atom. The fourth-order valence-corrected chi connectivity index (χ4v) is 2.72. The predicted octanol–water partition coefficient (Wildman–Crippen LogP) is 2.33. The molecule has 0 spiro atoms. The molecule has 2 unspecified atom stereocenters. The van der Waals surface area contributed by atoms with Gasteiger partial charge in [-0.25, -0.2) is 0 Å². The van der Waals surface area contributed by atoms with Crippen LogP contribution in [0.3, 0.4) is 0 Å². The molecule has 1 aromatic rings. The van der Waals surface area contributed by atoms with E-state index in [-0.39, 0.29) is 11.9 Å². The van der Waals surface area contributed by atoms with Crippen LogP contribution in [-0.4, -0.2) is 31.6 Å². The SMILES string of the molecule is COc1ccc(Br)c(C(=O)NC2CCCNC2C)c1. The average Bonchev–Trinajstić information content (AvgIpc) is 2.42. The molecule has 0 aromatic heterocycles. The Hall–Kier alpha value is -1.07. The fraction of sp³-hybridized carbons (Fsp3) is 0.500. The summed E-state index contributed by atoms with van der Waals surface area (Å²) in [6.45, 7) is 3.13. The Bertz CT molecular complexity index is 465. The molecule has 19 heavy (non-hydrogen) atoms. The van der Waals surface area contributed by atoms with E-state index in [9.17, 15) is 4.79 Å². The number of benzene rings is 1. The van der Waals surface area contributed by atoms with Crippen LogP contribution in [0.1, 0.15) is 30.1 Å². The van der Waals surface area contributed by atoms with Crippen molar-refractivity contribution >= 4 is 21.8 Å². The van der Waals surface area contributed by atoms with Crippen LogP contribution in [-0.2, 0) is 0 Å². The minimum Gasteiger partial charge on any atom is -0.497 e. The minimum absolute atomic E-state index is 0.0636. The second-order valence-electron chi connectivity index (χ2n) is 4.81. The monoisotopic (exact) mass is 326 g/mol.